The average Bonchev–Trinajstić information content (AvgIpc) is 3.35. The predicted octanol–water partition coefficient (Wildman–Crippen LogP) is 3.31. The van der Waals surface area contributed by atoms with Crippen molar-refractivity contribution in [3.63, 3.8) is 0 Å². The number of urea groups is 1. The molecule has 1 aliphatic heterocycles. The van der Waals surface area contributed by atoms with E-state index in [1.54, 1.807) is 0 Å². The largest absolute Gasteiger partial charge is 0.396 e. The maximum absolute atomic E-state index is 12.7. The van der Waals surface area contributed by atoms with Crippen molar-refractivity contribution >= 4 is 17.1 Å². The van der Waals surface area contributed by atoms with Crippen molar-refractivity contribution < 1.29 is 9.90 Å². The van der Waals surface area contributed by atoms with Gasteiger partial charge in [-0.2, -0.15) is 0 Å². The molecule has 6 heteroatoms. The van der Waals surface area contributed by atoms with Crippen LogP contribution in [0.1, 0.15) is 55.8 Å². The third kappa shape index (κ3) is 3.68. The normalized spacial score (nSPS) is 22.3. The first-order chi connectivity index (χ1) is 13.1. The van der Waals surface area contributed by atoms with Gasteiger partial charge in [-0.05, 0) is 44.2 Å². The highest BCUT2D eigenvalue weighted by Crippen LogP contribution is 2.37. The number of nitrogens with one attached hydrogen (secondary N) is 2. The van der Waals surface area contributed by atoms with Crippen molar-refractivity contribution in [2.75, 3.05) is 26.2 Å². The quantitative estimate of drug-likeness (QED) is 0.772. The van der Waals surface area contributed by atoms with Crippen LogP contribution in [0.15, 0.2) is 18.2 Å². The van der Waals surface area contributed by atoms with E-state index in [0.29, 0.717) is 13.1 Å². The van der Waals surface area contributed by atoms with Gasteiger partial charge in [-0.15, -0.1) is 0 Å². The summed E-state index contributed by atoms with van der Waals surface area (Å²) in [4.78, 5) is 22.9. The number of carbonyl (C=O) groups excluding carboxylic acids is 1. The van der Waals surface area contributed by atoms with Crippen LogP contribution in [0, 0.1) is 12.3 Å². The topological polar surface area (TPSA) is 81.2 Å². The summed E-state index contributed by atoms with van der Waals surface area (Å²) in [5.41, 5.74) is 3.16. The average molecular weight is 370 g/mol. The van der Waals surface area contributed by atoms with E-state index in [4.69, 9.17) is 4.98 Å². The van der Waals surface area contributed by atoms with Crippen LogP contribution < -0.4 is 5.32 Å². The van der Waals surface area contributed by atoms with Crippen molar-refractivity contribution in [3.05, 3.63) is 29.6 Å². The van der Waals surface area contributed by atoms with Crippen LogP contribution in [0.4, 0.5) is 4.79 Å². The number of aliphatic hydroxyl groups is 1. The SMILES string of the molecule is Cc1cccc2[nH]c([C@@H]3CCCN(C(=O)NCC4(CO)CCCC4)C3)nc12. The van der Waals surface area contributed by atoms with Crippen LogP contribution in [0.2, 0.25) is 0 Å². The third-order valence-corrected chi connectivity index (χ3v) is 6.44. The summed E-state index contributed by atoms with van der Waals surface area (Å²) in [5.74, 6) is 1.23. The number of hydrogen-bond acceptors (Lipinski definition) is 3. The van der Waals surface area contributed by atoms with Gasteiger partial charge in [-0.3, -0.25) is 0 Å². The molecule has 2 fully saturated rings. The minimum atomic E-state index is -0.110. The lowest BCUT2D eigenvalue weighted by atomic mass is 9.87. The molecule has 1 aliphatic carbocycles. The molecule has 0 bridgehead atoms. The maximum Gasteiger partial charge on any atom is 0.317 e. The van der Waals surface area contributed by atoms with Gasteiger partial charge in [0.25, 0.3) is 0 Å². The lowest BCUT2D eigenvalue weighted by molar-refractivity contribution is 0.123. The van der Waals surface area contributed by atoms with Gasteiger partial charge in [0.15, 0.2) is 0 Å². The van der Waals surface area contributed by atoms with Gasteiger partial charge < -0.3 is 20.3 Å². The summed E-state index contributed by atoms with van der Waals surface area (Å²) in [7, 11) is 0. The standard InChI is InChI=1S/C21H30N4O2/c1-15-6-4-8-17-18(15)24-19(23-17)16-7-5-11-25(12-16)20(27)22-13-21(14-26)9-2-3-10-21/h4,6,8,16,26H,2-3,5,7,9-14H2,1H3,(H,22,27)(H,23,24)/t16-/m1/s1. The van der Waals surface area contributed by atoms with E-state index < -0.39 is 0 Å². The van der Waals surface area contributed by atoms with E-state index >= 15 is 0 Å². The van der Waals surface area contributed by atoms with Gasteiger partial charge in [0.1, 0.15) is 5.82 Å². The van der Waals surface area contributed by atoms with Crippen LogP contribution in [0.3, 0.4) is 0 Å². The minimum Gasteiger partial charge on any atom is -0.396 e. The fourth-order valence-corrected chi connectivity index (χ4v) is 4.66. The van der Waals surface area contributed by atoms with E-state index in [1.165, 1.54) is 5.56 Å². The molecule has 0 unspecified atom stereocenters. The number of aliphatic hydroxyl groups excluding tert-OH is 1. The second-order valence-electron chi connectivity index (χ2n) is 8.40. The number of amides is 2. The first-order valence-corrected chi connectivity index (χ1v) is 10.2. The minimum absolute atomic E-state index is 0.00767. The van der Waals surface area contributed by atoms with E-state index in [0.717, 1.165) is 61.9 Å². The molecule has 0 radical (unpaired) electrons. The molecule has 1 aromatic carbocycles. The molecule has 1 atom stereocenters. The van der Waals surface area contributed by atoms with Gasteiger partial charge in [-0.25, -0.2) is 9.78 Å². The molecular weight excluding hydrogens is 340 g/mol. The molecule has 3 N–H and O–H groups in total. The second-order valence-corrected chi connectivity index (χ2v) is 8.40. The number of hydrogen-bond donors (Lipinski definition) is 3. The molecule has 2 aromatic rings. The summed E-state index contributed by atoms with van der Waals surface area (Å²) >= 11 is 0. The summed E-state index contributed by atoms with van der Waals surface area (Å²) in [6.45, 7) is 4.29. The van der Waals surface area contributed by atoms with Crippen molar-refractivity contribution in [2.45, 2.75) is 51.4 Å². The number of piperidine rings is 1. The van der Waals surface area contributed by atoms with Gasteiger partial charge in [-0.1, -0.05) is 25.0 Å². The molecule has 1 saturated carbocycles. The van der Waals surface area contributed by atoms with E-state index in [-0.39, 0.29) is 24.0 Å². The zero-order chi connectivity index (χ0) is 18.9. The number of imidazole rings is 1. The Morgan fingerprint density at radius 1 is 1.37 bits per heavy atom. The molecule has 1 aromatic heterocycles. The first kappa shape index (κ1) is 18.3. The molecule has 2 aliphatic rings. The number of benzene rings is 1. The molecule has 4 rings (SSSR count). The highest BCUT2D eigenvalue weighted by molar-refractivity contribution is 5.78. The maximum atomic E-state index is 12.7. The first-order valence-electron chi connectivity index (χ1n) is 10.2. The number of carbonyl (C=O) groups is 1. The Balaban J connectivity index is 1.41. The number of nitrogens with zero attached hydrogens (tertiary/aromatic N) is 2. The summed E-state index contributed by atoms with van der Waals surface area (Å²) in [6.07, 6.45) is 6.33. The number of para-hydroxylation sites is 1. The molecule has 27 heavy (non-hydrogen) atoms. The number of fused-ring (bicyclic) bond motifs is 1. The Morgan fingerprint density at radius 3 is 2.93 bits per heavy atom. The summed E-state index contributed by atoms with van der Waals surface area (Å²) in [5, 5.41) is 12.8. The Hall–Kier alpha value is -2.08. The van der Waals surface area contributed by atoms with Crippen LogP contribution in [0.5, 0.6) is 0 Å². The van der Waals surface area contributed by atoms with Crippen molar-refractivity contribution in [1.29, 1.82) is 0 Å². The molecule has 2 amide bonds. The fraction of sp³-hybridized carbons (Fsp3) is 0.619. The Labute approximate surface area is 160 Å². The Bertz CT molecular complexity index is 810. The molecule has 0 spiro atoms. The number of rotatable bonds is 4. The highest BCUT2D eigenvalue weighted by Gasteiger charge is 2.34. The smallest absolute Gasteiger partial charge is 0.317 e. The zero-order valence-electron chi connectivity index (χ0n) is 16.1. The Kier molecular flexibility index (Phi) is 5.08. The second kappa shape index (κ2) is 7.50. The number of aryl methyl sites for hydroxylation is 1. The molecule has 146 valence electrons. The van der Waals surface area contributed by atoms with E-state index in [1.807, 2.05) is 11.0 Å². The highest BCUT2D eigenvalue weighted by atomic mass is 16.3. The number of H-pyrrole nitrogens is 1. The zero-order valence-corrected chi connectivity index (χ0v) is 16.1. The van der Waals surface area contributed by atoms with E-state index in [9.17, 15) is 9.90 Å². The molecule has 2 heterocycles. The fourth-order valence-electron chi connectivity index (χ4n) is 4.66. The van der Waals surface area contributed by atoms with E-state index in [2.05, 4.69) is 29.4 Å². The van der Waals surface area contributed by atoms with Crippen LogP contribution >= 0.6 is 0 Å². The Morgan fingerprint density at radius 2 is 2.19 bits per heavy atom. The number of likely N-dealkylation sites (tertiary alicyclic amines) is 1. The monoisotopic (exact) mass is 370 g/mol. The van der Waals surface area contributed by atoms with Crippen LogP contribution in [-0.4, -0.2) is 52.2 Å². The van der Waals surface area contributed by atoms with Crippen LogP contribution in [-0.2, 0) is 0 Å². The lowest BCUT2D eigenvalue weighted by Gasteiger charge is -2.33. The van der Waals surface area contributed by atoms with Gasteiger partial charge in [0, 0.05) is 31.0 Å². The predicted molar refractivity (Wildman–Crippen MR) is 106 cm³/mol. The van der Waals surface area contributed by atoms with Gasteiger partial charge >= 0.3 is 6.03 Å². The lowest BCUT2D eigenvalue weighted by Crippen LogP contribution is -2.48. The van der Waals surface area contributed by atoms with Crippen molar-refractivity contribution in [1.82, 2.24) is 20.2 Å². The molecule has 1 saturated heterocycles. The molecule has 6 nitrogen and oxygen atoms in total. The number of aromatic nitrogens is 2. The van der Waals surface area contributed by atoms with Crippen LogP contribution in [0.25, 0.3) is 11.0 Å². The van der Waals surface area contributed by atoms with Gasteiger partial charge in [0.2, 0.25) is 0 Å². The molecular formula is C21H30N4O2. The van der Waals surface area contributed by atoms with Crippen molar-refractivity contribution in [2.24, 2.45) is 5.41 Å². The van der Waals surface area contributed by atoms with Crippen molar-refractivity contribution in [3.8, 4) is 0 Å². The summed E-state index contributed by atoms with van der Waals surface area (Å²) < 4.78 is 0. The van der Waals surface area contributed by atoms with Gasteiger partial charge in [0.05, 0.1) is 17.6 Å². The summed E-state index contributed by atoms with van der Waals surface area (Å²) in [6, 6.07) is 6.17. The third-order valence-electron chi connectivity index (χ3n) is 6.44. The number of aromatic amines is 1.